The molecule has 362 valence electrons. The number of sulfonamides is 1. The van der Waals surface area contributed by atoms with Crippen molar-refractivity contribution in [3.8, 4) is 29.6 Å². The van der Waals surface area contributed by atoms with Crippen LogP contribution >= 0.6 is 0 Å². The normalized spacial score (nSPS) is 24.5. The summed E-state index contributed by atoms with van der Waals surface area (Å²) < 4.78 is 57.3. The number of carbonyl (C=O) groups is 1. The van der Waals surface area contributed by atoms with Crippen molar-refractivity contribution < 1.29 is 37.1 Å². The molecule has 5 aromatic rings. The lowest BCUT2D eigenvalue weighted by Crippen LogP contribution is -2.63. The number of fused-ring (bicyclic) bond motifs is 2. The number of aromatic amines is 1. The Bertz CT molecular complexity index is 2980. The topological polar surface area (TPSA) is 192 Å². The summed E-state index contributed by atoms with van der Waals surface area (Å²) in [6, 6.07) is 17.4. The number of aromatic nitrogens is 2. The number of amides is 1. The Kier molecular flexibility index (Phi) is 12.1. The van der Waals surface area contributed by atoms with Crippen molar-refractivity contribution in [3.05, 3.63) is 105 Å². The minimum absolute atomic E-state index is 0.0213. The van der Waals surface area contributed by atoms with Crippen molar-refractivity contribution in [3.63, 3.8) is 0 Å². The van der Waals surface area contributed by atoms with Gasteiger partial charge in [-0.1, -0.05) is 44.5 Å². The van der Waals surface area contributed by atoms with Crippen molar-refractivity contribution in [2.24, 2.45) is 11.3 Å². The summed E-state index contributed by atoms with van der Waals surface area (Å²) in [6.45, 7) is 10.0. The lowest BCUT2D eigenvalue weighted by molar-refractivity contribution is -0.384. The average Bonchev–Trinajstić information content (AvgIpc) is 3.96. The maximum Gasteiger partial charge on any atom is 0.297 e. The van der Waals surface area contributed by atoms with Crippen LogP contribution in [0.15, 0.2) is 71.8 Å². The second-order valence-corrected chi connectivity index (χ2v) is 22.2. The molecule has 2 aromatic heterocycles. The van der Waals surface area contributed by atoms with Crippen LogP contribution in [0.3, 0.4) is 0 Å². The molecule has 17 heteroatoms. The Morgan fingerprint density at radius 2 is 1.81 bits per heavy atom. The minimum atomic E-state index is -4.76. The molecule has 0 bridgehead atoms. The molecule has 2 saturated heterocycles. The van der Waals surface area contributed by atoms with Gasteiger partial charge in [-0.25, -0.2) is 22.5 Å². The van der Waals surface area contributed by atoms with Crippen LogP contribution in [0.2, 0.25) is 0 Å². The van der Waals surface area contributed by atoms with Gasteiger partial charge in [-0.15, -0.1) is 6.42 Å². The third kappa shape index (κ3) is 8.98. The number of benzene rings is 3. The van der Waals surface area contributed by atoms with Gasteiger partial charge in [0.25, 0.3) is 21.6 Å². The maximum absolute atomic E-state index is 14.8. The number of pyridine rings is 1. The van der Waals surface area contributed by atoms with Gasteiger partial charge in [0.15, 0.2) is 22.9 Å². The summed E-state index contributed by atoms with van der Waals surface area (Å²) in [4.78, 5) is 37.4. The van der Waals surface area contributed by atoms with Gasteiger partial charge in [-0.2, -0.15) is 0 Å². The summed E-state index contributed by atoms with van der Waals surface area (Å²) >= 11 is 0. The molecule has 4 fully saturated rings. The summed E-state index contributed by atoms with van der Waals surface area (Å²) in [5.41, 5.74) is 2.65. The zero-order valence-corrected chi connectivity index (χ0v) is 39.9. The van der Waals surface area contributed by atoms with Gasteiger partial charge in [0.1, 0.15) is 23.8 Å². The molecule has 10 rings (SSSR count). The monoisotopic (exact) mass is 959 g/mol. The number of nitro groups is 1. The summed E-state index contributed by atoms with van der Waals surface area (Å²) in [5.74, 6) is 1.74. The highest BCUT2D eigenvalue weighted by Gasteiger charge is 2.49. The van der Waals surface area contributed by atoms with E-state index in [9.17, 15) is 32.8 Å². The van der Waals surface area contributed by atoms with E-state index in [1.165, 1.54) is 42.5 Å². The highest BCUT2D eigenvalue weighted by molar-refractivity contribution is 7.90. The fraction of sp³-hybridized carbons (Fsp3) is 0.462. The van der Waals surface area contributed by atoms with Crippen molar-refractivity contribution >= 4 is 44.0 Å². The predicted octanol–water partition coefficient (Wildman–Crippen LogP) is 8.98. The van der Waals surface area contributed by atoms with Gasteiger partial charge in [0.2, 0.25) is 0 Å². The first kappa shape index (κ1) is 46.5. The van der Waals surface area contributed by atoms with Crippen LogP contribution < -0.4 is 24.4 Å². The molecule has 69 heavy (non-hydrogen) atoms. The highest BCUT2D eigenvalue weighted by Crippen LogP contribution is 2.49. The first-order chi connectivity index (χ1) is 33.0. The van der Waals surface area contributed by atoms with E-state index < -0.39 is 42.9 Å². The van der Waals surface area contributed by atoms with Crippen molar-refractivity contribution in [1.82, 2.24) is 19.6 Å². The van der Waals surface area contributed by atoms with E-state index in [1.54, 1.807) is 19.1 Å². The third-order valence-electron chi connectivity index (χ3n) is 15.6. The number of carbonyl (C=O) groups excluding carboxylic acids is 1. The first-order valence-corrected chi connectivity index (χ1v) is 25.5. The Labute approximate surface area is 401 Å². The molecular weight excluding hydrogens is 902 g/mol. The molecule has 5 heterocycles. The quantitative estimate of drug-likeness (QED) is 0.0559. The number of piperidine rings is 1. The van der Waals surface area contributed by atoms with E-state index in [1.807, 2.05) is 0 Å². The molecule has 3 atom stereocenters. The number of terminal acetylenes is 1. The summed E-state index contributed by atoms with van der Waals surface area (Å²) in [5, 5.41) is 26.2. The molecule has 0 radical (unpaired) electrons. The Morgan fingerprint density at radius 1 is 1.06 bits per heavy atom. The number of ether oxygens (including phenoxy) is 2. The number of nitrogens with one attached hydrogen (secondary N) is 3. The second kappa shape index (κ2) is 17.9. The lowest BCUT2D eigenvalue weighted by Gasteiger charge is -2.57. The molecule has 1 amide bonds. The summed E-state index contributed by atoms with van der Waals surface area (Å²) in [6.07, 6.45) is 15.1. The molecule has 5 aliphatic rings. The van der Waals surface area contributed by atoms with Crippen LogP contribution in [0.5, 0.6) is 17.2 Å². The second-order valence-electron chi connectivity index (χ2n) is 20.5. The van der Waals surface area contributed by atoms with Crippen LogP contribution in [0.25, 0.3) is 11.0 Å². The predicted molar refractivity (Wildman–Crippen MR) is 260 cm³/mol. The molecule has 2 saturated carbocycles. The standard InChI is InChI=1S/C52H58FN7O8S/c1-5-41-46(26-39-40(53)27-54-49(39)56-41)68-45-23-33(58-21-19-52(20-22-58)29-59(30-52)43-12-8-11-37(43)36-10-7-6-9-35(36)31(2)3)13-14-38(45)50(61)57-69(65,66)34-24-44(60(63)64)48-47(25-34)67-28-42(55-48)32-15-17-51(4,62)18-16-32/h1,6-7,9-10,13-14,23-27,31-32,37,42-43,55,62H,8,11-12,15-22,28-30H2,2-4H3,(H,54,56)(H,57,61)/t32?,37-,42-,43-,51?/m1/s1. The summed E-state index contributed by atoms with van der Waals surface area (Å²) in [7, 11) is -4.76. The maximum atomic E-state index is 14.8. The molecule has 15 nitrogen and oxygen atoms in total. The van der Waals surface area contributed by atoms with Crippen molar-refractivity contribution in [2.75, 3.05) is 43.0 Å². The Balaban J connectivity index is 0.884. The van der Waals surface area contributed by atoms with Crippen LogP contribution in [0, 0.1) is 39.6 Å². The van der Waals surface area contributed by atoms with E-state index in [0.29, 0.717) is 43.6 Å². The number of nitrogens with zero attached hydrogens (tertiary/aromatic N) is 4. The molecule has 2 aliphatic carbocycles. The molecule has 1 spiro atoms. The molecule has 4 N–H and O–H groups in total. The first-order valence-electron chi connectivity index (χ1n) is 24.1. The van der Waals surface area contributed by atoms with Gasteiger partial charge in [-0.05, 0) is 117 Å². The molecular formula is C52H58FN7O8S. The number of aliphatic hydroxyl groups is 1. The number of H-pyrrole nitrogens is 1. The third-order valence-corrected chi connectivity index (χ3v) is 16.9. The van der Waals surface area contributed by atoms with Crippen molar-refractivity contribution in [1.29, 1.82) is 0 Å². The van der Waals surface area contributed by atoms with Gasteiger partial charge >= 0.3 is 0 Å². The average molecular weight is 960 g/mol. The smallest absolute Gasteiger partial charge is 0.297 e. The van der Waals surface area contributed by atoms with E-state index >= 15 is 0 Å². The van der Waals surface area contributed by atoms with Crippen LogP contribution in [-0.2, 0) is 10.0 Å². The molecule has 3 aromatic carbocycles. The zero-order chi connectivity index (χ0) is 48.4. The number of rotatable bonds is 11. The number of likely N-dealkylation sites (tertiary alicyclic amines) is 1. The van der Waals surface area contributed by atoms with Gasteiger partial charge in [0, 0.05) is 62.3 Å². The Morgan fingerprint density at radius 3 is 2.54 bits per heavy atom. The van der Waals surface area contributed by atoms with Crippen LogP contribution in [0.4, 0.5) is 21.5 Å². The van der Waals surface area contributed by atoms with E-state index in [0.717, 1.165) is 63.0 Å². The van der Waals surface area contributed by atoms with E-state index in [4.69, 9.17) is 15.9 Å². The number of hydrogen-bond donors (Lipinski definition) is 4. The van der Waals surface area contributed by atoms with Gasteiger partial charge < -0.3 is 29.8 Å². The zero-order valence-electron chi connectivity index (χ0n) is 39.1. The van der Waals surface area contributed by atoms with E-state index in [-0.39, 0.29) is 69.2 Å². The number of hydrogen-bond acceptors (Lipinski definition) is 12. The van der Waals surface area contributed by atoms with Gasteiger partial charge in [-0.3, -0.25) is 19.8 Å². The number of halogens is 1. The van der Waals surface area contributed by atoms with Crippen LogP contribution in [-0.4, -0.2) is 89.7 Å². The fourth-order valence-corrected chi connectivity index (χ4v) is 12.7. The molecule has 3 aliphatic heterocycles. The lowest BCUT2D eigenvalue weighted by atomic mass is 9.70. The SMILES string of the molecule is C#Cc1nc2[nH]cc(F)c2cc1Oc1cc(N2CCC3(CC2)CN([C@@H]2CCC[C@@H]2c2ccccc2C(C)C)C3)ccc1C(=O)NS(=O)(=O)c1cc2c(c([N+](=O)[O-])c1)N[C@@H](C1CCC(C)(O)CC1)CO2. The van der Waals surface area contributed by atoms with E-state index in [2.05, 4.69) is 73.8 Å². The highest BCUT2D eigenvalue weighted by atomic mass is 32.2. The van der Waals surface area contributed by atoms with Gasteiger partial charge in [0.05, 0.1) is 32.4 Å². The molecule has 0 unspecified atom stereocenters. The number of anilines is 2. The number of nitro benzene ring substituents is 1. The Hall–Kier alpha value is -6.22. The largest absolute Gasteiger partial charge is 0.489 e. The minimum Gasteiger partial charge on any atom is -0.489 e. The van der Waals surface area contributed by atoms with Crippen LogP contribution in [0.1, 0.15) is 118 Å². The fourth-order valence-electron chi connectivity index (χ4n) is 11.7. The van der Waals surface area contributed by atoms with Crippen molar-refractivity contribution in [2.45, 2.75) is 113 Å².